The lowest BCUT2D eigenvalue weighted by atomic mass is 9.88. The maximum Gasteiger partial charge on any atom is 0.509 e. The molecule has 0 aromatic carbocycles. The Hall–Kier alpha value is -2.90. The number of hydrogen-bond donors (Lipinski definition) is 0. The van der Waals surface area contributed by atoms with Gasteiger partial charge in [-0.3, -0.25) is 4.79 Å². The molecule has 2 saturated heterocycles. The summed E-state index contributed by atoms with van der Waals surface area (Å²) < 4.78 is 58.0. The first-order valence-electron chi connectivity index (χ1n) is 26.2. The average molecular weight is 1060 g/mol. The van der Waals surface area contributed by atoms with Crippen LogP contribution in [0.5, 0.6) is 0 Å². The van der Waals surface area contributed by atoms with Crippen LogP contribution in [0.15, 0.2) is 71.9 Å². The van der Waals surface area contributed by atoms with Crippen molar-refractivity contribution in [2.24, 2.45) is 11.8 Å². The van der Waals surface area contributed by atoms with Crippen LogP contribution in [0.3, 0.4) is 0 Å². The molecule has 0 aromatic heterocycles. The molecular formula is C57H100O12Si3. The van der Waals surface area contributed by atoms with Crippen molar-refractivity contribution >= 4 is 43.0 Å². The molecule has 0 saturated carbocycles. The molecule has 412 valence electrons. The van der Waals surface area contributed by atoms with Crippen molar-refractivity contribution in [2.75, 3.05) is 6.61 Å². The first-order chi connectivity index (χ1) is 32.7. The molecule has 9 atom stereocenters. The van der Waals surface area contributed by atoms with E-state index in [1.54, 1.807) is 39.8 Å². The van der Waals surface area contributed by atoms with E-state index in [0.717, 1.165) is 16.7 Å². The predicted molar refractivity (Wildman–Crippen MR) is 299 cm³/mol. The number of hydrogen-bond acceptors (Lipinski definition) is 12. The normalized spacial score (nSPS) is 23.0. The molecular weight excluding hydrogens is 961 g/mol. The average Bonchev–Trinajstić information content (AvgIpc) is 3.62. The van der Waals surface area contributed by atoms with Crippen LogP contribution in [-0.4, -0.2) is 104 Å². The van der Waals surface area contributed by atoms with E-state index in [0.29, 0.717) is 24.8 Å². The Morgan fingerprint density at radius 1 is 0.792 bits per heavy atom. The molecule has 1 unspecified atom stereocenters. The summed E-state index contributed by atoms with van der Waals surface area (Å²) in [6.07, 6.45) is 6.44. The van der Waals surface area contributed by atoms with Gasteiger partial charge in [-0.2, -0.15) is 0 Å². The monoisotopic (exact) mass is 1060 g/mol. The summed E-state index contributed by atoms with van der Waals surface area (Å²) in [7, 11) is -6.69. The zero-order chi connectivity index (χ0) is 55.7. The highest BCUT2D eigenvalue weighted by atomic mass is 28.4. The summed E-state index contributed by atoms with van der Waals surface area (Å²) in [5.41, 5.74) is 2.10. The summed E-state index contributed by atoms with van der Waals surface area (Å²) in [4.78, 5) is 40.0. The smallest absolute Gasteiger partial charge is 0.456 e. The number of rotatable bonds is 25. The Balaban J connectivity index is 2.78. The molecule has 2 aliphatic rings. The van der Waals surface area contributed by atoms with E-state index in [-0.39, 0.29) is 33.7 Å². The molecule has 0 amide bonds. The first-order valence-corrected chi connectivity index (χ1v) is 35.0. The quantitative estimate of drug-likeness (QED) is 0.0215. The molecule has 15 heteroatoms. The third-order valence-electron chi connectivity index (χ3n) is 15.5. The Morgan fingerprint density at radius 3 is 1.83 bits per heavy atom. The van der Waals surface area contributed by atoms with Crippen LogP contribution in [0.2, 0.25) is 54.4 Å². The lowest BCUT2D eigenvalue weighted by Gasteiger charge is -2.46. The molecule has 72 heavy (non-hydrogen) atoms. The third kappa shape index (κ3) is 17.9. The second kappa shape index (κ2) is 25.8. The molecule has 2 rings (SSSR count). The van der Waals surface area contributed by atoms with E-state index in [1.165, 1.54) is 0 Å². The van der Waals surface area contributed by atoms with Crippen LogP contribution < -0.4 is 0 Å². The Kier molecular flexibility index (Phi) is 23.3. The lowest BCUT2D eigenvalue weighted by Crippen LogP contribution is -2.63. The minimum Gasteiger partial charge on any atom is -0.456 e. The van der Waals surface area contributed by atoms with Crippen molar-refractivity contribution in [3.8, 4) is 0 Å². The standard InChI is InChI=1S/C57H100O12Si3/c1-27-30-43(36-61-70(21,22)54(10,11)12)51(59)62-45(41(9)68-71(23,24)55(13,14)15)33-32-38(6)34-40(8)46(42(29-3)35-39(7)44(31-28-2)69-72(25,26)56(16,17)18)63-52-48-47(64-53(60)65-48)49(57(19,20)67-52)66-50(58)37(4)5/h27-28,30,32,34-35,37,41-42,44-49,52H,1-2,29,31,33,36H2,3-26H3/b38-32+,39-35+,40-34+,43-30+/t41-,42+,44+,45+,46?,47-,48+,49+,52-/m1/s1. The molecule has 2 heterocycles. The fraction of sp³-hybridized carbons (Fsp3) is 0.737. The van der Waals surface area contributed by atoms with Gasteiger partial charge in [0, 0.05) is 12.3 Å². The van der Waals surface area contributed by atoms with Gasteiger partial charge in [0.1, 0.15) is 11.7 Å². The maximum atomic E-state index is 14.1. The van der Waals surface area contributed by atoms with E-state index in [1.807, 2.05) is 26.8 Å². The van der Waals surface area contributed by atoms with Gasteiger partial charge in [0.15, 0.2) is 49.6 Å². The van der Waals surface area contributed by atoms with Crippen molar-refractivity contribution in [3.05, 3.63) is 71.9 Å². The first kappa shape index (κ1) is 65.2. The van der Waals surface area contributed by atoms with Gasteiger partial charge in [0.2, 0.25) is 0 Å². The van der Waals surface area contributed by atoms with Crippen molar-refractivity contribution in [3.63, 3.8) is 0 Å². The number of ether oxygens (including phenoxy) is 6. The van der Waals surface area contributed by atoms with Crippen LogP contribution in [-0.2, 0) is 51.3 Å². The fourth-order valence-corrected chi connectivity index (χ4v) is 11.4. The van der Waals surface area contributed by atoms with Crippen LogP contribution in [0, 0.1) is 11.8 Å². The van der Waals surface area contributed by atoms with Crippen LogP contribution in [0.1, 0.15) is 144 Å². The van der Waals surface area contributed by atoms with Gasteiger partial charge in [0.05, 0.1) is 36.4 Å². The van der Waals surface area contributed by atoms with Crippen molar-refractivity contribution in [1.29, 1.82) is 0 Å². The Labute approximate surface area is 440 Å². The van der Waals surface area contributed by atoms with E-state index < -0.39 is 97.5 Å². The molecule has 2 fully saturated rings. The van der Waals surface area contributed by atoms with E-state index >= 15 is 0 Å². The van der Waals surface area contributed by atoms with Crippen molar-refractivity contribution in [2.45, 2.75) is 253 Å². The van der Waals surface area contributed by atoms with Gasteiger partial charge in [-0.15, -0.1) is 6.58 Å². The van der Waals surface area contributed by atoms with Crippen LogP contribution >= 0.6 is 0 Å². The SMILES string of the molecule is C=C/C=C(\CO[Si](C)(C)C(C)(C)C)C(=O)O[C@@H](C/C=C(C)/C=C(\C)C(O[C@@H]1OC(C)(C)[C@@H](OC(=O)C(C)C)[C@@H]2OC(=O)O[C@H]12)[C@H](/C=C(\C)[C@H](CC=C)O[Si](C)(C)C(C)(C)C)CC)[C@@H](C)O[Si](C)(C)C(C)(C)C. The largest absolute Gasteiger partial charge is 0.509 e. The summed E-state index contributed by atoms with van der Waals surface area (Å²) in [5, 5.41) is -0.133. The van der Waals surface area contributed by atoms with Gasteiger partial charge in [-0.1, -0.05) is 132 Å². The molecule has 0 aromatic rings. The number of allylic oxidation sites excluding steroid dienone is 4. The van der Waals surface area contributed by atoms with Crippen molar-refractivity contribution in [1.82, 2.24) is 0 Å². The highest BCUT2D eigenvalue weighted by Crippen LogP contribution is 2.43. The number of carbonyl (C=O) groups is 3. The molecule has 2 aliphatic heterocycles. The Morgan fingerprint density at radius 2 is 1.33 bits per heavy atom. The van der Waals surface area contributed by atoms with Gasteiger partial charge in [0.25, 0.3) is 0 Å². The topological polar surface area (TPSA) is 134 Å². The second-order valence-electron chi connectivity index (χ2n) is 25.5. The van der Waals surface area contributed by atoms with Gasteiger partial charge < -0.3 is 41.7 Å². The van der Waals surface area contributed by atoms with E-state index in [2.05, 4.69) is 147 Å². The number of esters is 2. The number of carbonyl (C=O) groups excluding carboxylic acids is 3. The maximum absolute atomic E-state index is 14.1. The minimum absolute atomic E-state index is 0.00876. The molecule has 0 radical (unpaired) electrons. The molecule has 0 aliphatic carbocycles. The molecule has 12 nitrogen and oxygen atoms in total. The Bertz CT molecular complexity index is 1990. The second-order valence-corrected chi connectivity index (χ2v) is 39.8. The zero-order valence-corrected chi connectivity index (χ0v) is 52.4. The number of fused-ring (bicyclic) bond motifs is 1. The zero-order valence-electron chi connectivity index (χ0n) is 49.4. The summed E-state index contributed by atoms with van der Waals surface area (Å²) in [6.45, 7) is 58.4. The molecule has 0 spiro atoms. The van der Waals surface area contributed by atoms with Crippen LogP contribution in [0.4, 0.5) is 4.79 Å². The van der Waals surface area contributed by atoms with E-state index in [4.69, 9.17) is 41.7 Å². The third-order valence-corrected chi connectivity index (χ3v) is 29.1. The minimum atomic E-state index is -2.30. The highest BCUT2D eigenvalue weighted by molar-refractivity contribution is 6.75. The molecule has 0 N–H and O–H groups in total. The lowest BCUT2D eigenvalue weighted by molar-refractivity contribution is -0.314. The van der Waals surface area contributed by atoms with Gasteiger partial charge >= 0.3 is 18.1 Å². The van der Waals surface area contributed by atoms with Gasteiger partial charge in [-0.05, 0) is 120 Å². The fourth-order valence-electron chi connectivity index (χ4n) is 7.66. The van der Waals surface area contributed by atoms with Gasteiger partial charge in [-0.25, -0.2) is 9.59 Å². The van der Waals surface area contributed by atoms with E-state index in [9.17, 15) is 14.4 Å². The highest BCUT2D eigenvalue weighted by Gasteiger charge is 2.60. The summed E-state index contributed by atoms with van der Waals surface area (Å²) >= 11 is 0. The summed E-state index contributed by atoms with van der Waals surface area (Å²) in [6, 6.07) is 0. The van der Waals surface area contributed by atoms with Crippen molar-refractivity contribution < 1.29 is 56.1 Å². The molecule has 0 bridgehead atoms. The predicted octanol–water partition coefficient (Wildman–Crippen LogP) is 14.7. The summed E-state index contributed by atoms with van der Waals surface area (Å²) in [5.74, 6) is -1.54. The van der Waals surface area contributed by atoms with Crippen LogP contribution in [0.25, 0.3) is 0 Å².